The summed E-state index contributed by atoms with van der Waals surface area (Å²) in [5, 5.41) is 7.15. The van der Waals surface area contributed by atoms with E-state index < -0.39 is 23.1 Å². The zero-order valence-corrected chi connectivity index (χ0v) is 21.2. The number of pyridine rings is 1. The van der Waals surface area contributed by atoms with Gasteiger partial charge in [0.1, 0.15) is 5.82 Å². The number of carbonyl (C=O) groups excluding carboxylic acids is 1. The predicted molar refractivity (Wildman–Crippen MR) is 138 cm³/mol. The number of hydrogen-bond donors (Lipinski definition) is 1. The molecule has 198 valence electrons. The molecule has 0 atom stereocenters. The lowest BCUT2D eigenvalue weighted by Gasteiger charge is -2.29. The number of hydrogen-bond acceptors (Lipinski definition) is 6. The van der Waals surface area contributed by atoms with E-state index in [2.05, 4.69) is 20.2 Å². The third-order valence-electron chi connectivity index (χ3n) is 6.24. The van der Waals surface area contributed by atoms with Crippen LogP contribution in [-0.2, 0) is 15.7 Å². The molecule has 1 aromatic carbocycles. The van der Waals surface area contributed by atoms with E-state index in [1.54, 1.807) is 43.7 Å². The van der Waals surface area contributed by atoms with Crippen LogP contribution in [0.1, 0.15) is 26.3 Å². The van der Waals surface area contributed by atoms with Crippen LogP contribution in [0.15, 0.2) is 54.9 Å². The fraction of sp³-hybridized carbons (Fsp3) is 0.333. The smallest absolute Gasteiger partial charge is 0.378 e. The van der Waals surface area contributed by atoms with E-state index in [0.29, 0.717) is 35.8 Å². The first-order valence-corrected chi connectivity index (χ1v) is 12.2. The molecule has 0 radical (unpaired) electrons. The first kappa shape index (κ1) is 25.7. The van der Waals surface area contributed by atoms with Crippen molar-refractivity contribution >= 4 is 23.1 Å². The van der Waals surface area contributed by atoms with Gasteiger partial charge in [0.25, 0.3) is 0 Å². The minimum Gasteiger partial charge on any atom is -0.378 e. The number of halogens is 3. The fourth-order valence-corrected chi connectivity index (χ4v) is 4.15. The Morgan fingerprint density at radius 1 is 1.03 bits per heavy atom. The van der Waals surface area contributed by atoms with Gasteiger partial charge >= 0.3 is 6.18 Å². The van der Waals surface area contributed by atoms with E-state index >= 15 is 0 Å². The van der Waals surface area contributed by atoms with E-state index in [4.69, 9.17) is 9.84 Å². The molecular weight excluding hydrogens is 497 g/mol. The third-order valence-corrected chi connectivity index (χ3v) is 6.24. The SMILES string of the molecule is CC(C)(C)C(=O)Nc1cc(-c2cn3nc(-c4cccnc4N4CCOCC4)ccc3n2)ccc1C(F)(F)F. The Morgan fingerprint density at radius 2 is 1.79 bits per heavy atom. The predicted octanol–water partition coefficient (Wildman–Crippen LogP) is 5.30. The quantitative estimate of drug-likeness (QED) is 0.390. The number of amides is 1. The number of nitrogens with zero attached hydrogens (tertiary/aromatic N) is 5. The lowest BCUT2D eigenvalue weighted by atomic mass is 9.95. The number of anilines is 2. The molecule has 1 aliphatic heterocycles. The number of nitrogens with one attached hydrogen (secondary N) is 1. The van der Waals surface area contributed by atoms with Crippen LogP contribution in [0.3, 0.4) is 0 Å². The van der Waals surface area contributed by atoms with Crippen molar-refractivity contribution in [3.63, 3.8) is 0 Å². The number of ether oxygens (including phenoxy) is 1. The first-order chi connectivity index (χ1) is 18.0. The monoisotopic (exact) mass is 524 g/mol. The number of aromatic nitrogens is 4. The number of rotatable bonds is 4. The van der Waals surface area contributed by atoms with Crippen molar-refractivity contribution < 1.29 is 22.7 Å². The van der Waals surface area contributed by atoms with Crippen molar-refractivity contribution in [1.29, 1.82) is 0 Å². The van der Waals surface area contributed by atoms with Gasteiger partial charge in [-0.2, -0.15) is 18.3 Å². The minimum atomic E-state index is -4.63. The molecule has 11 heteroatoms. The summed E-state index contributed by atoms with van der Waals surface area (Å²) < 4.78 is 48.1. The summed E-state index contributed by atoms with van der Waals surface area (Å²) in [5.41, 5.74) is 0.810. The molecule has 0 saturated carbocycles. The van der Waals surface area contributed by atoms with Crippen LogP contribution in [0.4, 0.5) is 24.7 Å². The molecule has 0 spiro atoms. The molecule has 1 amide bonds. The molecule has 1 aliphatic rings. The van der Waals surface area contributed by atoms with Gasteiger partial charge in [-0.3, -0.25) is 4.79 Å². The number of carbonyl (C=O) groups is 1. The van der Waals surface area contributed by atoms with Crippen LogP contribution in [0.2, 0.25) is 0 Å². The highest BCUT2D eigenvalue weighted by Crippen LogP contribution is 2.38. The van der Waals surface area contributed by atoms with Gasteiger partial charge in [0.2, 0.25) is 5.91 Å². The van der Waals surface area contributed by atoms with Gasteiger partial charge in [-0.1, -0.05) is 26.8 Å². The van der Waals surface area contributed by atoms with Gasteiger partial charge in [0, 0.05) is 35.8 Å². The van der Waals surface area contributed by atoms with Gasteiger partial charge in [-0.25, -0.2) is 14.5 Å². The highest BCUT2D eigenvalue weighted by atomic mass is 19.4. The second-order valence-corrected chi connectivity index (χ2v) is 10.1. The van der Waals surface area contributed by atoms with Crippen LogP contribution < -0.4 is 10.2 Å². The van der Waals surface area contributed by atoms with Crippen molar-refractivity contribution in [3.8, 4) is 22.5 Å². The fourth-order valence-electron chi connectivity index (χ4n) is 4.15. The summed E-state index contributed by atoms with van der Waals surface area (Å²) in [6.45, 7) is 7.61. The van der Waals surface area contributed by atoms with Gasteiger partial charge in [-0.15, -0.1) is 0 Å². The zero-order valence-electron chi connectivity index (χ0n) is 21.2. The van der Waals surface area contributed by atoms with E-state index in [1.807, 2.05) is 18.2 Å². The summed E-state index contributed by atoms with van der Waals surface area (Å²) in [4.78, 5) is 23.8. The maximum absolute atomic E-state index is 13.7. The van der Waals surface area contributed by atoms with Crippen LogP contribution in [0.5, 0.6) is 0 Å². The molecule has 1 fully saturated rings. The number of fused-ring (bicyclic) bond motifs is 1. The molecule has 0 unspecified atom stereocenters. The Balaban J connectivity index is 1.52. The number of imidazole rings is 1. The van der Waals surface area contributed by atoms with Crippen molar-refractivity contribution in [2.45, 2.75) is 26.9 Å². The Labute approximate surface area is 217 Å². The molecule has 1 saturated heterocycles. The molecule has 3 aromatic heterocycles. The molecule has 38 heavy (non-hydrogen) atoms. The Morgan fingerprint density at radius 3 is 2.50 bits per heavy atom. The summed E-state index contributed by atoms with van der Waals surface area (Å²) in [7, 11) is 0. The van der Waals surface area contributed by atoms with Gasteiger partial charge < -0.3 is 15.0 Å². The molecule has 4 heterocycles. The molecular formula is C27H27F3N6O2. The molecule has 0 bridgehead atoms. The van der Waals surface area contributed by atoms with E-state index in [9.17, 15) is 18.0 Å². The summed E-state index contributed by atoms with van der Waals surface area (Å²) in [5.74, 6) is 0.291. The minimum absolute atomic E-state index is 0.314. The van der Waals surface area contributed by atoms with Crippen LogP contribution >= 0.6 is 0 Å². The number of benzene rings is 1. The lowest BCUT2D eigenvalue weighted by Crippen LogP contribution is -2.37. The average Bonchev–Trinajstić information content (AvgIpc) is 3.31. The summed E-state index contributed by atoms with van der Waals surface area (Å²) in [6.07, 6.45) is -1.24. The van der Waals surface area contributed by atoms with E-state index in [1.165, 1.54) is 12.1 Å². The molecule has 5 rings (SSSR count). The van der Waals surface area contributed by atoms with Crippen LogP contribution in [0, 0.1) is 5.41 Å². The zero-order chi connectivity index (χ0) is 27.1. The summed E-state index contributed by atoms with van der Waals surface area (Å²) in [6, 6.07) is 11.0. The number of morpholine rings is 1. The largest absolute Gasteiger partial charge is 0.418 e. The molecule has 8 nitrogen and oxygen atoms in total. The Hall–Kier alpha value is -3.99. The van der Waals surface area contributed by atoms with E-state index in [0.717, 1.165) is 30.5 Å². The molecule has 0 aliphatic carbocycles. The van der Waals surface area contributed by atoms with Crippen LogP contribution in [-0.4, -0.2) is 51.8 Å². The maximum atomic E-state index is 13.7. The lowest BCUT2D eigenvalue weighted by molar-refractivity contribution is -0.137. The van der Waals surface area contributed by atoms with Gasteiger partial charge in [0.15, 0.2) is 5.65 Å². The maximum Gasteiger partial charge on any atom is 0.418 e. The summed E-state index contributed by atoms with van der Waals surface area (Å²) >= 11 is 0. The van der Waals surface area contributed by atoms with Crippen molar-refractivity contribution in [1.82, 2.24) is 19.6 Å². The van der Waals surface area contributed by atoms with Crippen molar-refractivity contribution in [2.75, 3.05) is 36.5 Å². The Bertz CT molecular complexity index is 1490. The van der Waals surface area contributed by atoms with Crippen LogP contribution in [0.25, 0.3) is 28.2 Å². The molecule has 1 N–H and O–H groups in total. The average molecular weight is 525 g/mol. The van der Waals surface area contributed by atoms with E-state index in [-0.39, 0.29) is 5.69 Å². The second kappa shape index (κ2) is 9.71. The normalized spacial score (nSPS) is 14.6. The first-order valence-electron chi connectivity index (χ1n) is 12.2. The van der Waals surface area contributed by atoms with Crippen molar-refractivity contribution in [2.24, 2.45) is 5.41 Å². The van der Waals surface area contributed by atoms with Crippen molar-refractivity contribution in [3.05, 3.63) is 60.4 Å². The highest BCUT2D eigenvalue weighted by Gasteiger charge is 2.35. The van der Waals surface area contributed by atoms with Gasteiger partial charge in [-0.05, 0) is 36.4 Å². The highest BCUT2D eigenvalue weighted by molar-refractivity contribution is 5.96. The topological polar surface area (TPSA) is 84.7 Å². The second-order valence-electron chi connectivity index (χ2n) is 10.1. The Kier molecular flexibility index (Phi) is 6.56. The number of alkyl halides is 3. The third kappa shape index (κ3) is 5.19. The van der Waals surface area contributed by atoms with Gasteiger partial charge in [0.05, 0.1) is 42.0 Å². The molecule has 4 aromatic rings. The standard InChI is InChI=1S/C27H27F3N6O2/c1-26(2,3)25(37)33-21-15-17(6-7-19(21)27(28,29)30)22-16-36-23(32-22)9-8-20(34-36)18-5-4-10-31-24(18)35-11-13-38-14-12-35/h4-10,15-16H,11-14H2,1-3H3,(H,33,37).